The number of para-hydroxylation sites is 1. The first-order valence-corrected chi connectivity index (χ1v) is 11.8. The average Bonchev–Trinajstić information content (AvgIpc) is 2.73. The number of esters is 1. The fourth-order valence-electron chi connectivity index (χ4n) is 2.90. The van der Waals surface area contributed by atoms with Gasteiger partial charge >= 0.3 is 5.97 Å². The van der Waals surface area contributed by atoms with Crippen molar-refractivity contribution in [1.82, 2.24) is 4.72 Å². The summed E-state index contributed by atoms with van der Waals surface area (Å²) in [6.45, 7) is 7.05. The molecule has 1 N–H and O–H groups in total. The van der Waals surface area contributed by atoms with E-state index in [9.17, 15) is 18.0 Å². The van der Waals surface area contributed by atoms with E-state index in [2.05, 4.69) is 4.72 Å². The van der Waals surface area contributed by atoms with Gasteiger partial charge in [0.2, 0.25) is 10.0 Å². The van der Waals surface area contributed by atoms with Crippen LogP contribution in [0.2, 0.25) is 5.02 Å². The van der Waals surface area contributed by atoms with E-state index in [1.54, 1.807) is 26.0 Å². The molecule has 2 atom stereocenters. The number of likely N-dealkylation sites (N-methyl/N-ethyl adjacent to an activating group) is 1. The summed E-state index contributed by atoms with van der Waals surface area (Å²) in [5.74, 6) is -1.63. The third-order valence-electron chi connectivity index (χ3n) is 4.62. The van der Waals surface area contributed by atoms with Gasteiger partial charge in [-0.05, 0) is 56.2 Å². The second-order valence-corrected chi connectivity index (χ2v) is 9.44. The maximum atomic E-state index is 12.8. The van der Waals surface area contributed by atoms with E-state index < -0.39 is 40.0 Å². The minimum atomic E-state index is -3.99. The highest BCUT2D eigenvalue weighted by Gasteiger charge is 2.33. The van der Waals surface area contributed by atoms with Crippen molar-refractivity contribution >= 4 is 39.2 Å². The number of amides is 1. The average molecular weight is 467 g/mol. The smallest absolute Gasteiger partial charge is 0.325 e. The summed E-state index contributed by atoms with van der Waals surface area (Å²) in [7, 11) is -3.99. The summed E-state index contributed by atoms with van der Waals surface area (Å²) in [5, 5.41) is 0.394. The van der Waals surface area contributed by atoms with Crippen molar-refractivity contribution in [2.45, 2.75) is 44.7 Å². The van der Waals surface area contributed by atoms with Gasteiger partial charge in [-0.1, -0.05) is 43.6 Å². The number of anilines is 1. The monoisotopic (exact) mass is 466 g/mol. The van der Waals surface area contributed by atoms with Crippen LogP contribution < -0.4 is 9.62 Å². The zero-order valence-corrected chi connectivity index (χ0v) is 19.5. The predicted octanol–water partition coefficient (Wildman–Crippen LogP) is 3.63. The molecule has 0 radical (unpaired) electrons. The molecule has 0 aliphatic rings. The lowest BCUT2D eigenvalue weighted by molar-refractivity contribution is -0.156. The number of rotatable bonds is 9. The molecule has 0 aliphatic heterocycles. The number of nitrogens with zero attached hydrogens (tertiary/aromatic N) is 1. The zero-order chi connectivity index (χ0) is 23.2. The number of hydrogen-bond acceptors (Lipinski definition) is 5. The van der Waals surface area contributed by atoms with E-state index in [0.29, 0.717) is 17.3 Å². The van der Waals surface area contributed by atoms with Crippen molar-refractivity contribution in [1.29, 1.82) is 0 Å². The molecule has 0 fully saturated rings. The lowest BCUT2D eigenvalue weighted by Gasteiger charge is -2.26. The molecule has 0 bridgehead atoms. The number of carbonyl (C=O) groups is 2. The molecule has 2 aromatic carbocycles. The number of benzene rings is 2. The molecule has 2 rings (SSSR count). The first-order valence-electron chi connectivity index (χ1n) is 9.91. The van der Waals surface area contributed by atoms with Gasteiger partial charge < -0.3 is 9.64 Å². The molecule has 31 heavy (non-hydrogen) atoms. The van der Waals surface area contributed by atoms with Crippen LogP contribution in [0.1, 0.15) is 27.7 Å². The van der Waals surface area contributed by atoms with Crippen molar-refractivity contribution in [3.8, 4) is 0 Å². The molecule has 0 aliphatic carbocycles. The van der Waals surface area contributed by atoms with Crippen LogP contribution in [0.15, 0.2) is 59.5 Å². The van der Waals surface area contributed by atoms with Crippen molar-refractivity contribution in [2.75, 3.05) is 11.4 Å². The first-order chi connectivity index (χ1) is 14.6. The molecule has 0 aromatic heterocycles. The second-order valence-electron chi connectivity index (χ2n) is 7.29. The van der Waals surface area contributed by atoms with Gasteiger partial charge in [0.25, 0.3) is 5.91 Å². The largest absolute Gasteiger partial charge is 0.451 e. The summed E-state index contributed by atoms with van der Waals surface area (Å²) in [6, 6.07) is 13.4. The van der Waals surface area contributed by atoms with Gasteiger partial charge in [0.05, 0.1) is 4.90 Å². The topological polar surface area (TPSA) is 92.8 Å². The van der Waals surface area contributed by atoms with Crippen LogP contribution in [-0.4, -0.2) is 39.0 Å². The van der Waals surface area contributed by atoms with Crippen LogP contribution >= 0.6 is 11.6 Å². The van der Waals surface area contributed by atoms with Gasteiger partial charge in [-0.15, -0.1) is 0 Å². The minimum absolute atomic E-state index is 0.0271. The maximum Gasteiger partial charge on any atom is 0.325 e. The molecule has 0 saturated heterocycles. The van der Waals surface area contributed by atoms with Crippen molar-refractivity contribution in [3.63, 3.8) is 0 Å². The molecule has 0 heterocycles. The summed E-state index contributed by atoms with van der Waals surface area (Å²) in [4.78, 5) is 27.1. The molecular weight excluding hydrogens is 440 g/mol. The van der Waals surface area contributed by atoms with Crippen LogP contribution in [-0.2, 0) is 24.3 Å². The molecule has 9 heteroatoms. The maximum absolute atomic E-state index is 12.8. The number of sulfonamides is 1. The van der Waals surface area contributed by atoms with Gasteiger partial charge in [-0.25, -0.2) is 8.42 Å². The predicted molar refractivity (Wildman–Crippen MR) is 120 cm³/mol. The Morgan fingerprint density at radius 2 is 1.61 bits per heavy atom. The second kappa shape index (κ2) is 10.7. The Bertz CT molecular complexity index is 994. The number of nitrogens with one attached hydrogen (secondary N) is 1. The lowest BCUT2D eigenvalue weighted by Crippen LogP contribution is -2.48. The third-order valence-corrected chi connectivity index (χ3v) is 6.33. The highest BCUT2D eigenvalue weighted by molar-refractivity contribution is 7.89. The number of ether oxygens (including phenoxy) is 1. The molecule has 0 saturated carbocycles. The van der Waals surface area contributed by atoms with E-state index in [1.165, 1.54) is 36.1 Å². The lowest BCUT2D eigenvalue weighted by atomic mass is 10.1. The van der Waals surface area contributed by atoms with Crippen LogP contribution in [0.4, 0.5) is 5.69 Å². The Balaban J connectivity index is 2.14. The standard InChI is InChI=1S/C22H27ClN2O5S/c1-5-25(18-9-7-6-8-10-18)21(26)16(4)30-22(27)20(15(2)3)24-31(28,29)19-13-11-17(23)12-14-19/h6-16,20,24H,5H2,1-4H3/t16-,20+/m0/s1. The molecule has 0 spiro atoms. The molecule has 1 amide bonds. The van der Waals surface area contributed by atoms with E-state index in [-0.39, 0.29) is 4.90 Å². The Labute approximate surface area is 188 Å². The van der Waals surface area contributed by atoms with Crippen molar-refractivity contribution < 1.29 is 22.7 Å². The van der Waals surface area contributed by atoms with Gasteiger partial charge in [0, 0.05) is 17.3 Å². The van der Waals surface area contributed by atoms with E-state index >= 15 is 0 Å². The molecule has 0 unspecified atom stereocenters. The fraction of sp³-hybridized carbons (Fsp3) is 0.364. The van der Waals surface area contributed by atoms with Crippen LogP contribution in [0.5, 0.6) is 0 Å². The fourth-order valence-corrected chi connectivity index (χ4v) is 4.36. The van der Waals surface area contributed by atoms with Crippen LogP contribution in [0, 0.1) is 5.92 Å². The van der Waals surface area contributed by atoms with Gasteiger partial charge in [-0.3, -0.25) is 9.59 Å². The summed E-state index contributed by atoms with van der Waals surface area (Å²) < 4.78 is 33.1. The number of hydrogen-bond donors (Lipinski definition) is 1. The van der Waals surface area contributed by atoms with E-state index in [0.717, 1.165) is 0 Å². The van der Waals surface area contributed by atoms with Crippen molar-refractivity contribution in [2.24, 2.45) is 5.92 Å². The Morgan fingerprint density at radius 3 is 2.13 bits per heavy atom. The Kier molecular flexibility index (Phi) is 8.61. The zero-order valence-electron chi connectivity index (χ0n) is 17.9. The SMILES string of the molecule is CCN(C(=O)[C@H](C)OC(=O)[C@H](NS(=O)(=O)c1ccc(Cl)cc1)C(C)C)c1ccccc1. The Morgan fingerprint density at radius 1 is 1.03 bits per heavy atom. The van der Waals surface area contributed by atoms with E-state index in [4.69, 9.17) is 16.3 Å². The first kappa shape index (κ1) is 24.8. The summed E-state index contributed by atoms with van der Waals surface area (Å²) in [6.07, 6.45) is -1.09. The molecule has 2 aromatic rings. The highest BCUT2D eigenvalue weighted by Crippen LogP contribution is 2.18. The quantitative estimate of drug-likeness (QED) is 0.569. The van der Waals surface area contributed by atoms with Crippen LogP contribution in [0.3, 0.4) is 0 Å². The summed E-state index contributed by atoms with van der Waals surface area (Å²) >= 11 is 5.81. The number of carbonyl (C=O) groups excluding carboxylic acids is 2. The van der Waals surface area contributed by atoms with Gasteiger partial charge in [0.15, 0.2) is 6.10 Å². The summed E-state index contributed by atoms with van der Waals surface area (Å²) in [5.41, 5.74) is 0.682. The third kappa shape index (κ3) is 6.53. The molecule has 7 nitrogen and oxygen atoms in total. The Hall–Kier alpha value is -2.42. The molecular formula is C22H27ClN2O5S. The highest BCUT2D eigenvalue weighted by atomic mass is 35.5. The molecule has 168 valence electrons. The van der Waals surface area contributed by atoms with E-state index in [1.807, 2.05) is 25.1 Å². The minimum Gasteiger partial charge on any atom is -0.451 e. The van der Waals surface area contributed by atoms with Gasteiger partial charge in [-0.2, -0.15) is 4.72 Å². The van der Waals surface area contributed by atoms with Crippen molar-refractivity contribution in [3.05, 3.63) is 59.6 Å². The van der Waals surface area contributed by atoms with Gasteiger partial charge in [0.1, 0.15) is 6.04 Å². The number of halogens is 1. The van der Waals surface area contributed by atoms with Crippen LogP contribution in [0.25, 0.3) is 0 Å². The normalized spacial score (nSPS) is 13.5.